The summed E-state index contributed by atoms with van der Waals surface area (Å²) in [6.45, 7) is 12.5. The molecule has 3 aliphatic heterocycles. The molecule has 5 fully saturated rings. The predicted molar refractivity (Wildman–Crippen MR) is 138 cm³/mol. The van der Waals surface area contributed by atoms with Crippen LogP contribution >= 0.6 is 0 Å². The second-order valence-corrected chi connectivity index (χ2v) is 13.5. The monoisotopic (exact) mass is 498 g/mol. The molecule has 6 heteroatoms. The SMILES string of the molecule is CCOC(=O)N1C[C@@H](C)C[C@H]2O[C@]3(CC[C@@H]4C(=C(C)C3)C[C@H]3[C@H]4CC[C@H]4NC(=O)CC[C@@]43C)[C@H](C)[C@@H]21. The summed E-state index contributed by atoms with van der Waals surface area (Å²) >= 11 is 0. The Balaban J connectivity index is 1.27. The van der Waals surface area contributed by atoms with Gasteiger partial charge >= 0.3 is 6.09 Å². The normalized spacial score (nSPS) is 48.0. The summed E-state index contributed by atoms with van der Waals surface area (Å²) in [5.41, 5.74) is 3.31. The number of nitrogens with one attached hydrogen (secondary N) is 1. The zero-order valence-corrected chi connectivity index (χ0v) is 23.0. The Morgan fingerprint density at radius 3 is 2.81 bits per heavy atom. The molecular weight excluding hydrogens is 452 g/mol. The van der Waals surface area contributed by atoms with E-state index in [2.05, 4.69) is 33.0 Å². The van der Waals surface area contributed by atoms with Crippen LogP contribution in [0.4, 0.5) is 4.79 Å². The number of likely N-dealkylation sites (tertiary alicyclic amines) is 1. The van der Waals surface area contributed by atoms with Crippen molar-refractivity contribution in [2.75, 3.05) is 13.2 Å². The second-order valence-electron chi connectivity index (χ2n) is 13.5. The van der Waals surface area contributed by atoms with Gasteiger partial charge in [0.05, 0.1) is 24.4 Å². The van der Waals surface area contributed by atoms with Crippen molar-refractivity contribution >= 4 is 12.0 Å². The largest absolute Gasteiger partial charge is 0.450 e. The van der Waals surface area contributed by atoms with Gasteiger partial charge in [-0.05, 0) is 94.3 Å². The molecule has 0 aromatic carbocycles. The number of rotatable bonds is 1. The van der Waals surface area contributed by atoms with Gasteiger partial charge in [-0.3, -0.25) is 4.79 Å². The molecule has 3 aliphatic carbocycles. The summed E-state index contributed by atoms with van der Waals surface area (Å²) in [4.78, 5) is 27.1. The highest BCUT2D eigenvalue weighted by Gasteiger charge is 2.61. The Morgan fingerprint density at radius 2 is 2.03 bits per heavy atom. The van der Waals surface area contributed by atoms with E-state index < -0.39 is 0 Å². The van der Waals surface area contributed by atoms with Gasteiger partial charge < -0.3 is 19.7 Å². The van der Waals surface area contributed by atoms with Crippen molar-refractivity contribution in [3.8, 4) is 0 Å². The van der Waals surface area contributed by atoms with Crippen LogP contribution in [0.3, 0.4) is 0 Å². The third-order valence-electron chi connectivity index (χ3n) is 11.7. The first-order chi connectivity index (χ1) is 17.2. The molecule has 0 unspecified atom stereocenters. The molecule has 200 valence electrons. The van der Waals surface area contributed by atoms with Crippen LogP contribution in [-0.4, -0.2) is 53.8 Å². The Hall–Kier alpha value is -1.56. The molecule has 36 heavy (non-hydrogen) atoms. The van der Waals surface area contributed by atoms with Gasteiger partial charge in [0.25, 0.3) is 0 Å². The third-order valence-corrected chi connectivity index (χ3v) is 11.7. The molecule has 0 aromatic rings. The fraction of sp³-hybridized carbons (Fsp3) is 0.867. The Bertz CT molecular complexity index is 963. The number of amides is 2. The Kier molecular flexibility index (Phi) is 6.01. The first kappa shape index (κ1) is 24.8. The summed E-state index contributed by atoms with van der Waals surface area (Å²) in [7, 11) is 0. The van der Waals surface area contributed by atoms with Gasteiger partial charge in [0.1, 0.15) is 0 Å². The van der Waals surface area contributed by atoms with Crippen LogP contribution in [0.25, 0.3) is 0 Å². The maximum atomic E-state index is 12.9. The van der Waals surface area contributed by atoms with Crippen molar-refractivity contribution in [1.29, 1.82) is 0 Å². The van der Waals surface area contributed by atoms with Crippen molar-refractivity contribution in [2.24, 2.45) is 35.0 Å². The quantitative estimate of drug-likeness (QED) is 0.488. The lowest BCUT2D eigenvalue weighted by Crippen LogP contribution is -2.57. The standard InChI is InChI=1S/C30H46N2O4/c1-6-35-28(34)32-16-17(2)13-24-27(32)19(4)30(36-24)12-9-20-21-7-8-25-29(5,11-10-26(33)31-25)23(21)14-22(20)18(3)15-30/h17,19-21,23-25,27H,6-16H2,1-5H3,(H,31,33)/t17-,19+,20-,21-,23-,24+,25+,27-,29+,30-/m0/s1. The highest BCUT2D eigenvalue weighted by molar-refractivity contribution is 5.77. The zero-order valence-electron chi connectivity index (χ0n) is 23.0. The molecule has 1 N–H and O–H groups in total. The van der Waals surface area contributed by atoms with E-state index in [-0.39, 0.29) is 35.2 Å². The number of hydrogen-bond acceptors (Lipinski definition) is 4. The van der Waals surface area contributed by atoms with Crippen LogP contribution in [0.15, 0.2) is 11.1 Å². The molecule has 0 bridgehead atoms. The molecule has 1 spiro atoms. The van der Waals surface area contributed by atoms with Gasteiger partial charge in [-0.2, -0.15) is 0 Å². The molecule has 0 radical (unpaired) electrons. The molecule has 3 heterocycles. The summed E-state index contributed by atoms with van der Waals surface area (Å²) in [6.07, 6.45) is 9.53. The lowest BCUT2D eigenvalue weighted by atomic mass is 9.57. The van der Waals surface area contributed by atoms with Gasteiger partial charge in [0.15, 0.2) is 0 Å². The maximum absolute atomic E-state index is 12.9. The number of hydrogen-bond donors (Lipinski definition) is 1. The number of carbonyl (C=O) groups is 2. The first-order valence-electron chi connectivity index (χ1n) is 14.8. The fourth-order valence-corrected chi connectivity index (χ4v) is 9.92. The van der Waals surface area contributed by atoms with E-state index in [1.165, 1.54) is 19.3 Å². The van der Waals surface area contributed by atoms with Crippen molar-refractivity contribution in [2.45, 2.75) is 116 Å². The van der Waals surface area contributed by atoms with E-state index in [1.807, 2.05) is 11.8 Å². The van der Waals surface area contributed by atoms with Crippen LogP contribution < -0.4 is 5.32 Å². The molecule has 6 rings (SSSR count). The molecule has 6 aliphatic rings. The fourth-order valence-electron chi connectivity index (χ4n) is 9.92. The van der Waals surface area contributed by atoms with Crippen molar-refractivity contribution in [3.05, 3.63) is 11.1 Å². The van der Waals surface area contributed by atoms with E-state index in [0.29, 0.717) is 42.7 Å². The minimum Gasteiger partial charge on any atom is -0.450 e. The summed E-state index contributed by atoms with van der Waals surface area (Å²) in [5, 5.41) is 3.36. The number of carbonyl (C=O) groups excluding carboxylic acids is 2. The zero-order chi connectivity index (χ0) is 25.4. The van der Waals surface area contributed by atoms with E-state index in [9.17, 15) is 9.59 Å². The molecule has 2 amide bonds. The summed E-state index contributed by atoms with van der Waals surface area (Å²) < 4.78 is 12.6. The number of allylic oxidation sites excluding steroid dienone is 1. The topological polar surface area (TPSA) is 67.9 Å². The Labute approximate surface area is 216 Å². The summed E-state index contributed by atoms with van der Waals surface area (Å²) in [6, 6.07) is 0.468. The van der Waals surface area contributed by atoms with Crippen LogP contribution in [0.2, 0.25) is 0 Å². The van der Waals surface area contributed by atoms with Crippen molar-refractivity contribution in [1.82, 2.24) is 10.2 Å². The van der Waals surface area contributed by atoms with Crippen molar-refractivity contribution < 1.29 is 19.1 Å². The third kappa shape index (κ3) is 3.60. The minimum absolute atomic E-state index is 0.108. The van der Waals surface area contributed by atoms with Gasteiger partial charge in [-0.1, -0.05) is 31.9 Å². The average Bonchev–Trinajstić information content (AvgIpc) is 3.29. The van der Waals surface area contributed by atoms with E-state index in [4.69, 9.17) is 9.47 Å². The second kappa shape index (κ2) is 8.74. The van der Waals surface area contributed by atoms with Gasteiger partial charge in [-0.15, -0.1) is 0 Å². The van der Waals surface area contributed by atoms with Gasteiger partial charge in [0.2, 0.25) is 5.91 Å². The number of fused-ring (bicyclic) bond motifs is 6. The smallest absolute Gasteiger partial charge is 0.410 e. The van der Waals surface area contributed by atoms with Crippen LogP contribution in [-0.2, 0) is 14.3 Å². The first-order valence-corrected chi connectivity index (χ1v) is 14.8. The van der Waals surface area contributed by atoms with Gasteiger partial charge in [0, 0.05) is 24.9 Å². The molecule has 6 nitrogen and oxygen atoms in total. The van der Waals surface area contributed by atoms with E-state index in [0.717, 1.165) is 44.6 Å². The highest BCUT2D eigenvalue weighted by Crippen LogP contribution is 2.62. The lowest BCUT2D eigenvalue weighted by Gasteiger charge is -2.52. The van der Waals surface area contributed by atoms with Crippen LogP contribution in [0.5, 0.6) is 0 Å². The van der Waals surface area contributed by atoms with Crippen LogP contribution in [0, 0.1) is 35.0 Å². The highest BCUT2D eigenvalue weighted by atomic mass is 16.6. The number of piperidine rings is 2. The summed E-state index contributed by atoms with van der Waals surface area (Å²) in [5.74, 6) is 3.05. The maximum Gasteiger partial charge on any atom is 0.410 e. The molecule has 10 atom stereocenters. The molecule has 2 saturated carbocycles. The Morgan fingerprint density at radius 1 is 1.22 bits per heavy atom. The van der Waals surface area contributed by atoms with E-state index >= 15 is 0 Å². The predicted octanol–water partition coefficient (Wildman–Crippen LogP) is 5.46. The minimum atomic E-state index is -0.180. The van der Waals surface area contributed by atoms with E-state index in [1.54, 1.807) is 11.1 Å². The molecule has 3 saturated heterocycles. The lowest BCUT2D eigenvalue weighted by molar-refractivity contribution is -0.130. The van der Waals surface area contributed by atoms with Gasteiger partial charge in [-0.25, -0.2) is 4.79 Å². The number of nitrogens with zero attached hydrogens (tertiary/aromatic N) is 1. The van der Waals surface area contributed by atoms with Crippen molar-refractivity contribution in [3.63, 3.8) is 0 Å². The average molecular weight is 499 g/mol. The number of ether oxygens (including phenoxy) is 2. The molecule has 0 aromatic heterocycles. The molecular formula is C30H46N2O4. The van der Waals surface area contributed by atoms with Crippen LogP contribution in [0.1, 0.15) is 92.4 Å².